The van der Waals surface area contributed by atoms with E-state index in [0.717, 1.165) is 16.5 Å². The van der Waals surface area contributed by atoms with Gasteiger partial charge >= 0.3 is 5.63 Å². The zero-order chi connectivity index (χ0) is 11.7. The summed E-state index contributed by atoms with van der Waals surface area (Å²) in [5.74, 6) is 0.421. The van der Waals surface area contributed by atoms with E-state index in [1.165, 1.54) is 0 Å². The van der Waals surface area contributed by atoms with Crippen molar-refractivity contribution in [2.75, 3.05) is 0 Å². The van der Waals surface area contributed by atoms with Crippen molar-refractivity contribution in [3.63, 3.8) is 0 Å². The molecule has 1 heterocycles. The van der Waals surface area contributed by atoms with Gasteiger partial charge < -0.3 is 4.42 Å². The number of hydrogen-bond acceptors (Lipinski definition) is 3. The lowest BCUT2D eigenvalue weighted by Crippen LogP contribution is -2.04. The molecule has 0 spiro atoms. The highest BCUT2D eigenvalue weighted by Gasteiger charge is 2.07. The molecule has 0 fully saturated rings. The molecule has 0 amide bonds. The monoisotopic (exact) mass is 213 g/mol. The van der Waals surface area contributed by atoms with Crippen LogP contribution in [0.4, 0.5) is 0 Å². The van der Waals surface area contributed by atoms with E-state index in [-0.39, 0.29) is 12.0 Å². The second-order valence-corrected chi connectivity index (χ2v) is 3.88. The van der Waals surface area contributed by atoms with Crippen molar-refractivity contribution >= 4 is 10.8 Å². The Hall–Kier alpha value is -2.08. The highest BCUT2D eigenvalue weighted by molar-refractivity contribution is 5.85. The van der Waals surface area contributed by atoms with Gasteiger partial charge in [0.15, 0.2) is 0 Å². The predicted octanol–water partition coefficient (Wildman–Crippen LogP) is 2.48. The smallest absolute Gasteiger partial charge is 0.344 e. The molecule has 1 aromatic heterocycles. The first kappa shape index (κ1) is 10.4. The molecule has 0 aliphatic carbocycles. The number of rotatable bonds is 1. The maximum Gasteiger partial charge on any atom is 0.344 e. The van der Waals surface area contributed by atoms with Crippen molar-refractivity contribution in [3.8, 4) is 6.07 Å². The van der Waals surface area contributed by atoms with E-state index < -0.39 is 0 Å². The van der Waals surface area contributed by atoms with Gasteiger partial charge in [-0.05, 0) is 30.9 Å². The number of hydrogen-bond donors (Lipinski definition) is 0. The Morgan fingerprint density at radius 3 is 2.75 bits per heavy atom. The summed E-state index contributed by atoms with van der Waals surface area (Å²) in [5.41, 5.74) is 1.64. The SMILES string of the molecule is Cc1cc(C)c2c(=O)oc(CC#N)cc2c1. The van der Waals surface area contributed by atoms with Crippen LogP contribution in [-0.4, -0.2) is 0 Å². The van der Waals surface area contributed by atoms with Crippen LogP contribution < -0.4 is 5.63 Å². The van der Waals surface area contributed by atoms with E-state index in [9.17, 15) is 4.79 Å². The molecule has 0 atom stereocenters. The van der Waals surface area contributed by atoms with Gasteiger partial charge in [-0.15, -0.1) is 0 Å². The minimum absolute atomic E-state index is 0.123. The molecule has 0 aliphatic heterocycles. The zero-order valence-corrected chi connectivity index (χ0v) is 9.20. The van der Waals surface area contributed by atoms with Crippen LogP contribution in [0.25, 0.3) is 10.8 Å². The van der Waals surface area contributed by atoms with Gasteiger partial charge in [-0.2, -0.15) is 5.26 Å². The number of benzene rings is 1. The number of nitrogens with zero attached hydrogens (tertiary/aromatic N) is 1. The fourth-order valence-electron chi connectivity index (χ4n) is 1.93. The molecule has 0 aliphatic rings. The first-order valence-electron chi connectivity index (χ1n) is 5.03. The molecule has 16 heavy (non-hydrogen) atoms. The van der Waals surface area contributed by atoms with Gasteiger partial charge in [-0.1, -0.05) is 17.7 Å². The van der Waals surface area contributed by atoms with E-state index in [2.05, 4.69) is 0 Å². The molecule has 0 unspecified atom stereocenters. The van der Waals surface area contributed by atoms with Gasteiger partial charge in [0, 0.05) is 0 Å². The van der Waals surface area contributed by atoms with Crippen LogP contribution in [-0.2, 0) is 6.42 Å². The average molecular weight is 213 g/mol. The Bertz CT molecular complexity index is 647. The number of nitriles is 1. The Morgan fingerprint density at radius 1 is 1.31 bits per heavy atom. The maximum atomic E-state index is 11.7. The molecule has 2 aromatic rings. The highest BCUT2D eigenvalue weighted by atomic mass is 16.4. The van der Waals surface area contributed by atoms with E-state index in [0.29, 0.717) is 11.1 Å². The second kappa shape index (κ2) is 3.82. The van der Waals surface area contributed by atoms with Crippen molar-refractivity contribution in [3.05, 3.63) is 45.5 Å². The largest absolute Gasteiger partial charge is 0.426 e. The van der Waals surface area contributed by atoms with Gasteiger partial charge in [0.2, 0.25) is 0 Å². The summed E-state index contributed by atoms with van der Waals surface area (Å²) in [6.45, 7) is 3.86. The molecule has 80 valence electrons. The lowest BCUT2D eigenvalue weighted by molar-refractivity contribution is 0.479. The molecular formula is C13H11NO2. The molecule has 0 N–H and O–H groups in total. The highest BCUT2D eigenvalue weighted by Crippen LogP contribution is 2.18. The van der Waals surface area contributed by atoms with Gasteiger partial charge in [-0.3, -0.25) is 0 Å². The van der Waals surface area contributed by atoms with E-state index in [4.69, 9.17) is 9.68 Å². The Morgan fingerprint density at radius 2 is 2.06 bits per heavy atom. The lowest BCUT2D eigenvalue weighted by Gasteiger charge is -2.03. The van der Waals surface area contributed by atoms with Crippen molar-refractivity contribution < 1.29 is 4.42 Å². The van der Waals surface area contributed by atoms with Crippen LogP contribution in [0, 0.1) is 25.2 Å². The molecule has 3 nitrogen and oxygen atoms in total. The van der Waals surface area contributed by atoms with Gasteiger partial charge in [0.1, 0.15) is 5.76 Å². The van der Waals surface area contributed by atoms with E-state index in [1.54, 1.807) is 6.07 Å². The molecule has 1 aromatic carbocycles. The van der Waals surface area contributed by atoms with Crippen LogP contribution in [0.5, 0.6) is 0 Å². The summed E-state index contributed by atoms with van der Waals surface area (Å²) in [7, 11) is 0. The zero-order valence-electron chi connectivity index (χ0n) is 9.20. The summed E-state index contributed by atoms with van der Waals surface area (Å²) in [4.78, 5) is 11.7. The Kier molecular flexibility index (Phi) is 2.49. The van der Waals surface area contributed by atoms with Crippen molar-refractivity contribution in [2.45, 2.75) is 20.3 Å². The van der Waals surface area contributed by atoms with Gasteiger partial charge in [0.05, 0.1) is 17.9 Å². The minimum atomic E-state index is -0.361. The summed E-state index contributed by atoms with van der Waals surface area (Å²) < 4.78 is 5.07. The van der Waals surface area contributed by atoms with Crippen molar-refractivity contribution in [1.29, 1.82) is 5.26 Å². The molecule has 2 rings (SSSR count). The summed E-state index contributed by atoms with van der Waals surface area (Å²) in [6, 6.07) is 7.61. The second-order valence-electron chi connectivity index (χ2n) is 3.88. The lowest BCUT2D eigenvalue weighted by atomic mass is 10.0. The molecular weight excluding hydrogens is 202 g/mol. The standard InChI is InChI=1S/C13H11NO2/c1-8-5-9(2)12-10(6-8)7-11(3-4-14)16-13(12)15/h5-7H,3H2,1-2H3. The van der Waals surface area contributed by atoms with E-state index in [1.807, 2.05) is 32.0 Å². The number of fused-ring (bicyclic) bond motifs is 1. The van der Waals surface area contributed by atoms with Crippen LogP contribution in [0.1, 0.15) is 16.9 Å². The van der Waals surface area contributed by atoms with Crippen LogP contribution in [0.3, 0.4) is 0 Å². The fourth-order valence-corrected chi connectivity index (χ4v) is 1.93. The first-order valence-corrected chi connectivity index (χ1v) is 5.03. The minimum Gasteiger partial charge on any atom is -0.426 e. The third-order valence-corrected chi connectivity index (χ3v) is 2.51. The summed E-state index contributed by atoms with van der Waals surface area (Å²) in [6.07, 6.45) is 0.123. The Balaban J connectivity index is 2.83. The third kappa shape index (κ3) is 1.70. The van der Waals surface area contributed by atoms with Crippen molar-refractivity contribution in [1.82, 2.24) is 0 Å². The first-order chi connectivity index (χ1) is 7.61. The van der Waals surface area contributed by atoms with Crippen LogP contribution >= 0.6 is 0 Å². The topological polar surface area (TPSA) is 54.0 Å². The van der Waals surface area contributed by atoms with E-state index >= 15 is 0 Å². The van der Waals surface area contributed by atoms with Gasteiger partial charge in [0.25, 0.3) is 0 Å². The summed E-state index contributed by atoms with van der Waals surface area (Å²) in [5, 5.41) is 10.0. The predicted molar refractivity (Wildman–Crippen MR) is 61.3 cm³/mol. The van der Waals surface area contributed by atoms with Crippen molar-refractivity contribution in [2.24, 2.45) is 0 Å². The maximum absolute atomic E-state index is 11.7. The van der Waals surface area contributed by atoms with Gasteiger partial charge in [-0.25, -0.2) is 4.79 Å². The Labute approximate surface area is 92.9 Å². The quantitative estimate of drug-likeness (QED) is 0.731. The fraction of sp³-hybridized carbons (Fsp3) is 0.231. The number of aryl methyl sites for hydroxylation is 2. The van der Waals surface area contributed by atoms with Crippen LogP contribution in [0.2, 0.25) is 0 Å². The summed E-state index contributed by atoms with van der Waals surface area (Å²) >= 11 is 0. The molecule has 0 radical (unpaired) electrons. The molecule has 3 heteroatoms. The third-order valence-electron chi connectivity index (χ3n) is 2.51. The van der Waals surface area contributed by atoms with Crippen LogP contribution in [0.15, 0.2) is 27.4 Å². The molecule has 0 saturated heterocycles. The molecule has 0 bridgehead atoms. The average Bonchev–Trinajstić information content (AvgIpc) is 2.15. The molecule has 0 saturated carbocycles. The normalized spacial score (nSPS) is 10.3.